The smallest absolute Gasteiger partial charge is 0.253 e. The summed E-state index contributed by atoms with van der Waals surface area (Å²) in [5.74, 6) is -0.243. The van der Waals surface area contributed by atoms with Gasteiger partial charge in [0.05, 0.1) is 6.10 Å². The topological polar surface area (TPSA) is 69.6 Å². The normalized spacial score (nSPS) is 18.4. The lowest BCUT2D eigenvalue weighted by atomic mass is 10.1. The minimum atomic E-state index is -0.421. The van der Waals surface area contributed by atoms with Gasteiger partial charge in [-0.25, -0.2) is 0 Å². The number of likely N-dealkylation sites (tertiary alicyclic amines) is 1. The molecule has 1 aromatic rings. The first-order valence-corrected chi connectivity index (χ1v) is 6.85. The van der Waals surface area contributed by atoms with Crippen LogP contribution in [0.4, 0.5) is 0 Å². The van der Waals surface area contributed by atoms with Crippen LogP contribution in [-0.2, 0) is 0 Å². The van der Waals surface area contributed by atoms with Crippen molar-refractivity contribution in [3.8, 4) is 0 Å². The van der Waals surface area contributed by atoms with E-state index in [1.807, 2.05) is 13.8 Å². The Morgan fingerprint density at radius 3 is 2.35 bits per heavy atom. The predicted octanol–water partition coefficient (Wildman–Crippen LogP) is 1.03. The Hall–Kier alpha value is -1.88. The third kappa shape index (κ3) is 3.36. The van der Waals surface area contributed by atoms with Crippen LogP contribution in [0.1, 0.15) is 41.0 Å². The molecule has 2 N–H and O–H groups in total. The molecule has 1 aromatic carbocycles. The quantitative estimate of drug-likeness (QED) is 0.866. The van der Waals surface area contributed by atoms with Crippen LogP contribution in [0.3, 0.4) is 0 Å². The van der Waals surface area contributed by atoms with Crippen molar-refractivity contribution >= 4 is 11.8 Å². The SMILES string of the molecule is CC(C)NC(=O)c1ccc(C(=O)N2CC[C@H](O)C2)cc1. The van der Waals surface area contributed by atoms with E-state index in [9.17, 15) is 14.7 Å². The second-order valence-electron chi connectivity index (χ2n) is 5.40. The van der Waals surface area contributed by atoms with Crippen molar-refractivity contribution in [1.29, 1.82) is 0 Å². The van der Waals surface area contributed by atoms with Crippen LogP contribution in [0.15, 0.2) is 24.3 Å². The molecule has 5 heteroatoms. The Bertz CT molecular complexity index is 496. The van der Waals surface area contributed by atoms with Gasteiger partial charge in [0.25, 0.3) is 11.8 Å². The van der Waals surface area contributed by atoms with Crippen LogP contribution in [0.2, 0.25) is 0 Å². The van der Waals surface area contributed by atoms with Crippen LogP contribution in [0, 0.1) is 0 Å². The predicted molar refractivity (Wildman–Crippen MR) is 75.6 cm³/mol. The zero-order valence-electron chi connectivity index (χ0n) is 11.8. The lowest BCUT2D eigenvalue weighted by Crippen LogP contribution is -2.31. The summed E-state index contributed by atoms with van der Waals surface area (Å²) in [4.78, 5) is 25.6. The van der Waals surface area contributed by atoms with Crippen LogP contribution in [0.25, 0.3) is 0 Å². The summed E-state index contributed by atoms with van der Waals surface area (Å²) in [6.45, 7) is 4.76. The number of nitrogens with zero attached hydrogens (tertiary/aromatic N) is 1. The van der Waals surface area contributed by atoms with Crippen LogP contribution in [-0.4, -0.2) is 47.1 Å². The van der Waals surface area contributed by atoms with E-state index in [1.54, 1.807) is 29.2 Å². The van der Waals surface area contributed by atoms with E-state index >= 15 is 0 Å². The van der Waals surface area contributed by atoms with Gasteiger partial charge >= 0.3 is 0 Å². The molecule has 2 amide bonds. The molecule has 108 valence electrons. The van der Waals surface area contributed by atoms with Gasteiger partial charge in [-0.15, -0.1) is 0 Å². The summed E-state index contributed by atoms with van der Waals surface area (Å²) in [6.07, 6.45) is 0.204. The summed E-state index contributed by atoms with van der Waals surface area (Å²) >= 11 is 0. The van der Waals surface area contributed by atoms with Crippen molar-refractivity contribution in [1.82, 2.24) is 10.2 Å². The molecule has 0 bridgehead atoms. The highest BCUT2D eigenvalue weighted by Gasteiger charge is 2.25. The highest BCUT2D eigenvalue weighted by atomic mass is 16.3. The van der Waals surface area contributed by atoms with Crippen molar-refractivity contribution in [2.75, 3.05) is 13.1 Å². The second kappa shape index (κ2) is 6.05. The van der Waals surface area contributed by atoms with E-state index < -0.39 is 6.10 Å². The molecular weight excluding hydrogens is 256 g/mol. The Kier molecular flexibility index (Phi) is 4.39. The summed E-state index contributed by atoms with van der Waals surface area (Å²) in [5.41, 5.74) is 1.08. The average molecular weight is 276 g/mol. The summed E-state index contributed by atoms with van der Waals surface area (Å²) in [7, 11) is 0. The summed E-state index contributed by atoms with van der Waals surface area (Å²) in [5, 5.41) is 12.3. The Morgan fingerprint density at radius 2 is 1.85 bits per heavy atom. The number of amides is 2. The first kappa shape index (κ1) is 14.5. The van der Waals surface area contributed by atoms with E-state index in [2.05, 4.69) is 5.32 Å². The molecule has 1 atom stereocenters. The minimum absolute atomic E-state index is 0.0786. The molecule has 2 rings (SSSR count). The number of aliphatic hydroxyl groups excluding tert-OH is 1. The fourth-order valence-corrected chi connectivity index (χ4v) is 2.22. The highest BCUT2D eigenvalue weighted by Crippen LogP contribution is 2.14. The van der Waals surface area contributed by atoms with Crippen LogP contribution < -0.4 is 5.32 Å². The first-order chi connectivity index (χ1) is 9.47. The van der Waals surface area contributed by atoms with Gasteiger partial charge in [0.1, 0.15) is 0 Å². The number of carbonyl (C=O) groups excluding carboxylic acids is 2. The van der Waals surface area contributed by atoms with E-state index in [4.69, 9.17) is 0 Å². The zero-order valence-corrected chi connectivity index (χ0v) is 11.8. The molecule has 20 heavy (non-hydrogen) atoms. The Balaban J connectivity index is 2.04. The van der Waals surface area contributed by atoms with E-state index in [1.165, 1.54) is 0 Å². The molecule has 0 saturated carbocycles. The summed E-state index contributed by atoms with van der Waals surface area (Å²) < 4.78 is 0. The van der Waals surface area contributed by atoms with Gasteiger partial charge in [-0.1, -0.05) is 0 Å². The molecule has 0 aliphatic carbocycles. The first-order valence-electron chi connectivity index (χ1n) is 6.85. The minimum Gasteiger partial charge on any atom is -0.391 e. The molecular formula is C15H20N2O3. The fraction of sp³-hybridized carbons (Fsp3) is 0.467. The standard InChI is InChI=1S/C15H20N2O3/c1-10(2)16-14(19)11-3-5-12(6-4-11)15(20)17-8-7-13(18)9-17/h3-6,10,13,18H,7-9H2,1-2H3,(H,16,19)/t13-/m0/s1. The highest BCUT2D eigenvalue weighted by molar-refractivity contribution is 5.98. The molecule has 5 nitrogen and oxygen atoms in total. The maximum absolute atomic E-state index is 12.2. The van der Waals surface area contributed by atoms with Gasteiger partial charge in [0.15, 0.2) is 0 Å². The van der Waals surface area contributed by atoms with E-state index in [-0.39, 0.29) is 17.9 Å². The number of hydrogen-bond donors (Lipinski definition) is 2. The molecule has 0 spiro atoms. The van der Waals surface area contributed by atoms with Crippen LogP contribution in [0.5, 0.6) is 0 Å². The fourth-order valence-electron chi connectivity index (χ4n) is 2.22. The van der Waals surface area contributed by atoms with Crippen molar-refractivity contribution in [3.63, 3.8) is 0 Å². The van der Waals surface area contributed by atoms with Gasteiger partial charge in [-0.3, -0.25) is 9.59 Å². The van der Waals surface area contributed by atoms with Crippen molar-refractivity contribution in [2.45, 2.75) is 32.4 Å². The van der Waals surface area contributed by atoms with E-state index in [0.717, 1.165) is 0 Å². The van der Waals surface area contributed by atoms with E-state index in [0.29, 0.717) is 30.6 Å². The number of benzene rings is 1. The van der Waals surface area contributed by atoms with Gasteiger partial charge in [0, 0.05) is 30.3 Å². The van der Waals surface area contributed by atoms with Crippen LogP contribution >= 0.6 is 0 Å². The molecule has 0 radical (unpaired) electrons. The molecule has 0 unspecified atom stereocenters. The lowest BCUT2D eigenvalue weighted by Gasteiger charge is -2.15. The van der Waals surface area contributed by atoms with Gasteiger partial charge in [0.2, 0.25) is 0 Å². The molecule has 1 aliphatic rings. The number of nitrogens with one attached hydrogen (secondary N) is 1. The third-order valence-electron chi connectivity index (χ3n) is 3.26. The summed E-state index contributed by atoms with van der Waals surface area (Å²) in [6, 6.07) is 6.69. The maximum atomic E-state index is 12.2. The van der Waals surface area contributed by atoms with Crippen molar-refractivity contribution in [2.24, 2.45) is 0 Å². The Labute approximate surface area is 118 Å². The number of hydrogen-bond acceptors (Lipinski definition) is 3. The molecule has 1 fully saturated rings. The zero-order chi connectivity index (χ0) is 14.7. The number of carbonyl (C=O) groups is 2. The van der Waals surface area contributed by atoms with Crippen molar-refractivity contribution in [3.05, 3.63) is 35.4 Å². The number of β-amino-alcohol motifs (C(OH)–C–C–N with tert-alkyl or cyclic N) is 1. The van der Waals surface area contributed by atoms with Gasteiger partial charge < -0.3 is 15.3 Å². The molecule has 0 aromatic heterocycles. The number of rotatable bonds is 3. The largest absolute Gasteiger partial charge is 0.391 e. The third-order valence-corrected chi connectivity index (χ3v) is 3.26. The van der Waals surface area contributed by atoms with Gasteiger partial charge in [-0.2, -0.15) is 0 Å². The maximum Gasteiger partial charge on any atom is 0.253 e. The number of aliphatic hydroxyl groups is 1. The van der Waals surface area contributed by atoms with Crippen molar-refractivity contribution < 1.29 is 14.7 Å². The molecule has 1 saturated heterocycles. The monoisotopic (exact) mass is 276 g/mol. The lowest BCUT2D eigenvalue weighted by molar-refractivity contribution is 0.0764. The van der Waals surface area contributed by atoms with Gasteiger partial charge in [-0.05, 0) is 44.5 Å². The Morgan fingerprint density at radius 1 is 1.25 bits per heavy atom. The molecule has 1 aliphatic heterocycles. The molecule has 1 heterocycles. The second-order valence-corrected chi connectivity index (χ2v) is 5.40. The average Bonchev–Trinajstić information content (AvgIpc) is 2.84.